The zero-order chi connectivity index (χ0) is 17.9. The molecular formula is C19H31N3O2. The Morgan fingerprint density at radius 2 is 2.04 bits per heavy atom. The third-order valence-electron chi connectivity index (χ3n) is 4.36. The molecule has 1 amide bonds. The number of ether oxygens (including phenoxy) is 1. The molecule has 1 N–H and O–H groups in total. The Hall–Kier alpha value is -1.75. The Labute approximate surface area is 146 Å². The number of hydrogen-bond donors (Lipinski definition) is 1. The van der Waals surface area contributed by atoms with Crippen molar-refractivity contribution in [3.8, 4) is 0 Å². The quantitative estimate of drug-likeness (QED) is 0.920. The molecule has 2 rings (SSSR count). The Bertz CT molecular complexity index is 580. The molecule has 0 radical (unpaired) electrons. The molecule has 1 fully saturated rings. The van der Waals surface area contributed by atoms with Gasteiger partial charge in [-0.05, 0) is 57.9 Å². The molecule has 1 heterocycles. The molecular weight excluding hydrogens is 302 g/mol. The molecule has 5 heteroatoms. The molecule has 0 unspecified atom stereocenters. The molecule has 0 aliphatic carbocycles. The lowest BCUT2D eigenvalue weighted by molar-refractivity contribution is 0.000538. The summed E-state index contributed by atoms with van der Waals surface area (Å²) in [5.74, 6) is 0. The summed E-state index contributed by atoms with van der Waals surface area (Å²) in [5, 5.41) is 3.17. The predicted molar refractivity (Wildman–Crippen MR) is 98.4 cm³/mol. The molecule has 5 nitrogen and oxygen atoms in total. The van der Waals surface area contributed by atoms with Crippen molar-refractivity contribution in [2.75, 3.05) is 32.0 Å². The summed E-state index contributed by atoms with van der Waals surface area (Å²) in [6.07, 6.45) is -0.204. The van der Waals surface area contributed by atoms with Crippen molar-refractivity contribution in [2.45, 2.75) is 52.8 Å². The average molecular weight is 333 g/mol. The van der Waals surface area contributed by atoms with Crippen LogP contribution in [0.25, 0.3) is 0 Å². The summed E-state index contributed by atoms with van der Waals surface area (Å²) in [4.78, 5) is 16.5. The number of nitrogens with one attached hydrogen (secondary N) is 1. The average Bonchev–Trinajstić information content (AvgIpc) is 2.47. The van der Waals surface area contributed by atoms with Gasteiger partial charge in [-0.25, -0.2) is 4.79 Å². The minimum Gasteiger partial charge on any atom is -0.444 e. The van der Waals surface area contributed by atoms with Gasteiger partial charge >= 0.3 is 6.09 Å². The maximum absolute atomic E-state index is 12.3. The van der Waals surface area contributed by atoms with Crippen LogP contribution in [-0.4, -0.2) is 54.2 Å². The number of carbonyl (C=O) groups is 1. The lowest BCUT2D eigenvalue weighted by Gasteiger charge is -2.40. The standard InChI is InChI=1S/C19H31N3O2/c1-14-11-17(20-6)8-7-16(14)13-21-9-10-22(15(2)12-21)18(23)24-19(3,4)5/h7-8,11,15,20H,9-10,12-13H2,1-6H3/t15-/m0/s1. The summed E-state index contributed by atoms with van der Waals surface area (Å²) in [7, 11) is 1.94. The van der Waals surface area contributed by atoms with Gasteiger partial charge in [0, 0.05) is 45.0 Å². The second-order valence-corrected chi connectivity index (χ2v) is 7.65. The minimum atomic E-state index is -0.444. The number of anilines is 1. The molecule has 1 atom stereocenters. The third kappa shape index (κ3) is 4.87. The fourth-order valence-electron chi connectivity index (χ4n) is 3.04. The van der Waals surface area contributed by atoms with Gasteiger partial charge in [-0.1, -0.05) is 6.07 Å². The number of rotatable bonds is 3. The molecule has 134 valence electrons. The molecule has 0 bridgehead atoms. The zero-order valence-corrected chi connectivity index (χ0v) is 15.8. The van der Waals surface area contributed by atoms with E-state index in [1.54, 1.807) is 0 Å². The van der Waals surface area contributed by atoms with E-state index in [9.17, 15) is 4.79 Å². The van der Waals surface area contributed by atoms with E-state index in [2.05, 4.69) is 42.3 Å². The molecule has 1 saturated heterocycles. The van der Waals surface area contributed by atoms with Gasteiger partial charge < -0.3 is 15.0 Å². The second-order valence-electron chi connectivity index (χ2n) is 7.65. The van der Waals surface area contributed by atoms with Crippen molar-refractivity contribution in [1.29, 1.82) is 0 Å². The van der Waals surface area contributed by atoms with Gasteiger partial charge in [0.15, 0.2) is 0 Å². The topological polar surface area (TPSA) is 44.8 Å². The van der Waals surface area contributed by atoms with E-state index < -0.39 is 5.60 Å². The van der Waals surface area contributed by atoms with Crippen molar-refractivity contribution in [2.24, 2.45) is 0 Å². The van der Waals surface area contributed by atoms with Crippen LogP contribution in [0.5, 0.6) is 0 Å². The molecule has 24 heavy (non-hydrogen) atoms. The zero-order valence-electron chi connectivity index (χ0n) is 15.8. The monoisotopic (exact) mass is 333 g/mol. The number of aryl methyl sites for hydroxylation is 1. The Morgan fingerprint density at radius 1 is 1.33 bits per heavy atom. The lowest BCUT2D eigenvalue weighted by Crippen LogP contribution is -2.54. The Kier molecular flexibility index (Phi) is 5.75. The molecule has 1 aliphatic heterocycles. The summed E-state index contributed by atoms with van der Waals surface area (Å²) >= 11 is 0. The van der Waals surface area contributed by atoms with Crippen molar-refractivity contribution in [3.63, 3.8) is 0 Å². The van der Waals surface area contributed by atoms with Gasteiger partial charge in [-0.3, -0.25) is 4.90 Å². The van der Waals surface area contributed by atoms with Crippen LogP contribution in [-0.2, 0) is 11.3 Å². The van der Waals surface area contributed by atoms with Gasteiger partial charge in [0.25, 0.3) is 0 Å². The van der Waals surface area contributed by atoms with Gasteiger partial charge in [-0.15, -0.1) is 0 Å². The first-order valence-corrected chi connectivity index (χ1v) is 8.69. The highest BCUT2D eigenvalue weighted by Gasteiger charge is 2.30. The van der Waals surface area contributed by atoms with Crippen LogP contribution in [0, 0.1) is 6.92 Å². The number of carbonyl (C=O) groups excluding carboxylic acids is 1. The van der Waals surface area contributed by atoms with Crippen LogP contribution < -0.4 is 5.32 Å². The summed E-state index contributed by atoms with van der Waals surface area (Å²) in [6, 6.07) is 6.63. The first-order valence-electron chi connectivity index (χ1n) is 8.69. The van der Waals surface area contributed by atoms with E-state index in [1.807, 2.05) is 32.7 Å². The summed E-state index contributed by atoms with van der Waals surface area (Å²) in [5.41, 5.74) is 3.33. The van der Waals surface area contributed by atoms with Crippen LogP contribution in [0.2, 0.25) is 0 Å². The van der Waals surface area contributed by atoms with Gasteiger partial charge in [-0.2, -0.15) is 0 Å². The first-order chi connectivity index (χ1) is 11.2. The highest BCUT2D eigenvalue weighted by molar-refractivity contribution is 5.68. The molecule has 0 saturated carbocycles. The van der Waals surface area contributed by atoms with Crippen molar-refractivity contribution in [1.82, 2.24) is 9.80 Å². The SMILES string of the molecule is CNc1ccc(CN2CCN(C(=O)OC(C)(C)C)[C@@H](C)C2)c(C)c1. The molecule has 1 aromatic carbocycles. The number of hydrogen-bond acceptors (Lipinski definition) is 4. The summed E-state index contributed by atoms with van der Waals surface area (Å²) < 4.78 is 5.51. The minimum absolute atomic E-state index is 0.158. The normalized spacial score (nSPS) is 19.2. The maximum Gasteiger partial charge on any atom is 0.410 e. The van der Waals surface area contributed by atoms with E-state index in [0.29, 0.717) is 6.54 Å². The van der Waals surface area contributed by atoms with Crippen LogP contribution >= 0.6 is 0 Å². The predicted octanol–water partition coefficient (Wildman–Crippen LogP) is 3.48. The summed E-state index contributed by atoms with van der Waals surface area (Å²) in [6.45, 7) is 13.3. The fraction of sp³-hybridized carbons (Fsp3) is 0.632. The van der Waals surface area contributed by atoms with Crippen LogP contribution in [0.15, 0.2) is 18.2 Å². The number of piperazine rings is 1. The Balaban J connectivity index is 1.95. The number of amides is 1. The highest BCUT2D eigenvalue weighted by Crippen LogP contribution is 2.20. The van der Waals surface area contributed by atoms with Gasteiger partial charge in [0.2, 0.25) is 0 Å². The first kappa shape index (κ1) is 18.6. The Morgan fingerprint density at radius 3 is 2.58 bits per heavy atom. The third-order valence-corrected chi connectivity index (χ3v) is 4.36. The smallest absolute Gasteiger partial charge is 0.410 e. The number of benzene rings is 1. The van der Waals surface area contributed by atoms with E-state index >= 15 is 0 Å². The van der Waals surface area contributed by atoms with Crippen LogP contribution in [0.4, 0.5) is 10.5 Å². The molecule has 1 aliphatic rings. The van der Waals surface area contributed by atoms with E-state index in [-0.39, 0.29) is 12.1 Å². The van der Waals surface area contributed by atoms with Crippen LogP contribution in [0.3, 0.4) is 0 Å². The lowest BCUT2D eigenvalue weighted by atomic mass is 10.1. The van der Waals surface area contributed by atoms with E-state index in [4.69, 9.17) is 4.74 Å². The molecule has 1 aromatic rings. The second kappa shape index (κ2) is 7.43. The van der Waals surface area contributed by atoms with Gasteiger partial charge in [0.05, 0.1) is 0 Å². The van der Waals surface area contributed by atoms with E-state index in [1.165, 1.54) is 11.1 Å². The van der Waals surface area contributed by atoms with Crippen molar-refractivity contribution in [3.05, 3.63) is 29.3 Å². The maximum atomic E-state index is 12.3. The fourth-order valence-corrected chi connectivity index (χ4v) is 3.04. The van der Waals surface area contributed by atoms with Crippen molar-refractivity contribution < 1.29 is 9.53 Å². The number of nitrogens with zero attached hydrogens (tertiary/aromatic N) is 2. The van der Waals surface area contributed by atoms with Crippen LogP contribution in [0.1, 0.15) is 38.8 Å². The van der Waals surface area contributed by atoms with E-state index in [0.717, 1.165) is 25.3 Å². The molecule has 0 aromatic heterocycles. The highest BCUT2D eigenvalue weighted by atomic mass is 16.6. The largest absolute Gasteiger partial charge is 0.444 e. The van der Waals surface area contributed by atoms with Gasteiger partial charge in [0.1, 0.15) is 5.60 Å². The van der Waals surface area contributed by atoms with Crippen molar-refractivity contribution >= 4 is 11.8 Å². The molecule has 0 spiro atoms.